The van der Waals surface area contributed by atoms with Crippen LogP contribution in [0.5, 0.6) is 0 Å². The van der Waals surface area contributed by atoms with Crippen molar-refractivity contribution in [3.63, 3.8) is 0 Å². The number of carbonyl (C=O) groups is 1. The van der Waals surface area contributed by atoms with E-state index in [0.29, 0.717) is 23.2 Å². The number of halogens is 1. The molecule has 0 aliphatic heterocycles. The monoisotopic (exact) mass is 264 g/mol. The van der Waals surface area contributed by atoms with Crippen molar-refractivity contribution in [1.82, 2.24) is 9.88 Å². The van der Waals surface area contributed by atoms with E-state index in [1.54, 1.807) is 18.3 Å². The predicted octanol–water partition coefficient (Wildman–Crippen LogP) is 3.31. The van der Waals surface area contributed by atoms with E-state index in [0.717, 1.165) is 12.8 Å². The van der Waals surface area contributed by atoms with Gasteiger partial charge < -0.3 is 4.90 Å². The number of rotatable bonds is 4. The van der Waals surface area contributed by atoms with Crippen molar-refractivity contribution in [3.05, 3.63) is 41.7 Å². The highest BCUT2D eigenvalue weighted by Gasteiger charge is 2.27. The second kappa shape index (κ2) is 6.01. The Morgan fingerprint density at radius 3 is 2.89 bits per heavy atom. The van der Waals surface area contributed by atoms with E-state index < -0.39 is 0 Å². The third kappa shape index (κ3) is 2.72. The first-order chi connectivity index (χ1) is 8.74. The molecule has 1 aliphatic rings. The van der Waals surface area contributed by atoms with Gasteiger partial charge >= 0.3 is 0 Å². The number of hydrogen-bond donors (Lipinski definition) is 0. The van der Waals surface area contributed by atoms with E-state index in [4.69, 9.17) is 11.6 Å². The highest BCUT2D eigenvalue weighted by molar-refractivity contribution is 6.33. The fourth-order valence-corrected chi connectivity index (χ4v) is 2.66. The standard InChI is InChI=1S/C14H17ClN2O/c1-2-9-17(11-5-3-4-6-11)14(18)12-7-8-16-10-13(12)15/h2,7-8,10-11H,1,3-6,9H2. The number of hydrogen-bond acceptors (Lipinski definition) is 2. The van der Waals surface area contributed by atoms with Gasteiger partial charge in [-0.2, -0.15) is 0 Å². The Morgan fingerprint density at radius 1 is 1.56 bits per heavy atom. The van der Waals surface area contributed by atoms with Crippen molar-refractivity contribution in [3.8, 4) is 0 Å². The zero-order valence-corrected chi connectivity index (χ0v) is 11.1. The molecule has 0 aromatic carbocycles. The minimum atomic E-state index is -0.0193. The van der Waals surface area contributed by atoms with Crippen molar-refractivity contribution in [2.24, 2.45) is 0 Å². The van der Waals surface area contributed by atoms with Gasteiger partial charge in [-0.05, 0) is 18.9 Å². The van der Waals surface area contributed by atoms with Crippen LogP contribution in [0.25, 0.3) is 0 Å². The van der Waals surface area contributed by atoms with Crippen molar-refractivity contribution < 1.29 is 4.79 Å². The van der Waals surface area contributed by atoms with E-state index in [2.05, 4.69) is 11.6 Å². The SMILES string of the molecule is C=CCN(C(=O)c1ccncc1Cl)C1CCCC1. The fraction of sp³-hybridized carbons (Fsp3) is 0.429. The van der Waals surface area contributed by atoms with Gasteiger partial charge in [0.2, 0.25) is 0 Å². The third-order valence-corrected chi connectivity index (χ3v) is 3.66. The fourth-order valence-electron chi connectivity index (χ4n) is 2.46. The number of aromatic nitrogens is 1. The zero-order valence-electron chi connectivity index (χ0n) is 10.3. The Kier molecular flexibility index (Phi) is 4.37. The summed E-state index contributed by atoms with van der Waals surface area (Å²) in [7, 11) is 0. The number of amides is 1. The number of nitrogens with zero attached hydrogens (tertiary/aromatic N) is 2. The number of carbonyl (C=O) groups excluding carboxylic acids is 1. The van der Waals surface area contributed by atoms with Crippen LogP contribution in [-0.4, -0.2) is 28.4 Å². The largest absolute Gasteiger partial charge is 0.332 e. The van der Waals surface area contributed by atoms with Gasteiger partial charge in [0.1, 0.15) is 0 Å². The van der Waals surface area contributed by atoms with Crippen molar-refractivity contribution in [1.29, 1.82) is 0 Å². The lowest BCUT2D eigenvalue weighted by atomic mass is 10.1. The Balaban J connectivity index is 2.22. The van der Waals surface area contributed by atoms with Gasteiger partial charge in [0, 0.05) is 25.0 Å². The molecule has 2 rings (SSSR count). The van der Waals surface area contributed by atoms with Crippen LogP contribution >= 0.6 is 11.6 Å². The number of pyridine rings is 1. The molecule has 3 nitrogen and oxygen atoms in total. The van der Waals surface area contributed by atoms with Crippen LogP contribution < -0.4 is 0 Å². The summed E-state index contributed by atoms with van der Waals surface area (Å²) in [4.78, 5) is 18.3. The average molecular weight is 265 g/mol. The molecule has 96 valence electrons. The second-order valence-corrected chi connectivity index (χ2v) is 4.95. The van der Waals surface area contributed by atoms with Gasteiger partial charge in [-0.3, -0.25) is 9.78 Å². The summed E-state index contributed by atoms with van der Waals surface area (Å²) >= 11 is 6.03. The molecule has 1 amide bonds. The summed E-state index contributed by atoms with van der Waals surface area (Å²) in [5.74, 6) is -0.0193. The molecule has 0 bridgehead atoms. The second-order valence-electron chi connectivity index (χ2n) is 4.54. The summed E-state index contributed by atoms with van der Waals surface area (Å²) in [6.07, 6.45) is 9.40. The molecule has 1 saturated carbocycles. The van der Waals surface area contributed by atoms with Crippen LogP contribution in [0, 0.1) is 0 Å². The Labute approximate surface area is 112 Å². The molecule has 0 radical (unpaired) electrons. The van der Waals surface area contributed by atoms with Crippen molar-refractivity contribution in [2.75, 3.05) is 6.54 Å². The Hall–Kier alpha value is -1.35. The van der Waals surface area contributed by atoms with E-state index in [-0.39, 0.29) is 5.91 Å². The Morgan fingerprint density at radius 2 is 2.28 bits per heavy atom. The van der Waals surface area contributed by atoms with Crippen LogP contribution in [0.1, 0.15) is 36.0 Å². The van der Waals surface area contributed by atoms with E-state index in [1.165, 1.54) is 19.0 Å². The van der Waals surface area contributed by atoms with Gasteiger partial charge in [0.05, 0.1) is 10.6 Å². The minimum absolute atomic E-state index is 0.0193. The maximum atomic E-state index is 12.5. The normalized spacial score (nSPS) is 15.6. The molecule has 0 spiro atoms. The molecule has 1 aromatic heterocycles. The lowest BCUT2D eigenvalue weighted by Crippen LogP contribution is -2.39. The molecule has 0 unspecified atom stereocenters. The van der Waals surface area contributed by atoms with Crippen molar-refractivity contribution in [2.45, 2.75) is 31.7 Å². The lowest BCUT2D eigenvalue weighted by molar-refractivity contribution is 0.0706. The molecule has 4 heteroatoms. The lowest BCUT2D eigenvalue weighted by Gasteiger charge is -2.28. The first-order valence-electron chi connectivity index (χ1n) is 6.25. The van der Waals surface area contributed by atoms with Gasteiger partial charge in [0.15, 0.2) is 0 Å². The highest BCUT2D eigenvalue weighted by atomic mass is 35.5. The summed E-state index contributed by atoms with van der Waals surface area (Å²) in [5, 5.41) is 0.412. The van der Waals surface area contributed by atoms with Crippen LogP contribution in [0.2, 0.25) is 5.02 Å². The van der Waals surface area contributed by atoms with E-state index >= 15 is 0 Å². The van der Waals surface area contributed by atoms with Crippen LogP contribution in [0.15, 0.2) is 31.1 Å². The highest BCUT2D eigenvalue weighted by Crippen LogP contribution is 2.26. The van der Waals surface area contributed by atoms with Crippen LogP contribution in [-0.2, 0) is 0 Å². The summed E-state index contributed by atoms with van der Waals surface area (Å²) < 4.78 is 0. The smallest absolute Gasteiger partial charge is 0.256 e. The van der Waals surface area contributed by atoms with E-state index in [9.17, 15) is 4.79 Å². The van der Waals surface area contributed by atoms with E-state index in [1.807, 2.05) is 4.90 Å². The molecule has 1 aromatic rings. The first kappa shape index (κ1) is 13.1. The minimum Gasteiger partial charge on any atom is -0.332 e. The predicted molar refractivity (Wildman–Crippen MR) is 72.7 cm³/mol. The summed E-state index contributed by atoms with van der Waals surface area (Å²) in [6, 6.07) is 2.00. The molecule has 0 atom stereocenters. The van der Waals surface area contributed by atoms with Gasteiger partial charge in [-0.1, -0.05) is 30.5 Å². The van der Waals surface area contributed by atoms with Gasteiger partial charge in [0.25, 0.3) is 5.91 Å². The molecule has 1 heterocycles. The maximum Gasteiger partial charge on any atom is 0.256 e. The molecule has 0 saturated heterocycles. The van der Waals surface area contributed by atoms with Gasteiger partial charge in [-0.25, -0.2) is 0 Å². The molecule has 1 fully saturated rings. The van der Waals surface area contributed by atoms with Gasteiger partial charge in [-0.15, -0.1) is 6.58 Å². The quantitative estimate of drug-likeness (QED) is 0.782. The first-order valence-corrected chi connectivity index (χ1v) is 6.63. The zero-order chi connectivity index (χ0) is 13.0. The van der Waals surface area contributed by atoms with Crippen LogP contribution in [0.4, 0.5) is 0 Å². The Bertz CT molecular complexity index is 441. The van der Waals surface area contributed by atoms with Crippen molar-refractivity contribution >= 4 is 17.5 Å². The average Bonchev–Trinajstić information content (AvgIpc) is 2.89. The molecular formula is C14H17ClN2O. The maximum absolute atomic E-state index is 12.5. The topological polar surface area (TPSA) is 33.2 Å². The molecule has 1 aliphatic carbocycles. The molecular weight excluding hydrogens is 248 g/mol. The summed E-state index contributed by atoms with van der Waals surface area (Å²) in [5.41, 5.74) is 0.528. The molecule has 18 heavy (non-hydrogen) atoms. The summed E-state index contributed by atoms with van der Waals surface area (Å²) in [6.45, 7) is 4.30. The third-order valence-electron chi connectivity index (χ3n) is 3.35. The molecule has 0 N–H and O–H groups in total. The van der Waals surface area contributed by atoms with Crippen LogP contribution in [0.3, 0.4) is 0 Å².